The standard InChI is InChI=1S/C13H11BrF3NO/c14-11-2-1-9(13(15,16)17)6-10(11)12(18)5-8-3-4-19-7-8/h1-4,6-7,12H,5,18H2. The molecule has 2 rings (SSSR count). The molecular weight excluding hydrogens is 323 g/mol. The fraction of sp³-hybridized carbons (Fsp3) is 0.231. The van der Waals surface area contributed by atoms with Crippen LogP contribution in [0.4, 0.5) is 13.2 Å². The molecule has 0 amide bonds. The van der Waals surface area contributed by atoms with Gasteiger partial charge in [-0.3, -0.25) is 0 Å². The van der Waals surface area contributed by atoms with E-state index in [2.05, 4.69) is 15.9 Å². The van der Waals surface area contributed by atoms with Crippen molar-refractivity contribution in [1.82, 2.24) is 0 Å². The Labute approximate surface area is 116 Å². The van der Waals surface area contributed by atoms with E-state index in [1.807, 2.05) is 0 Å². The largest absolute Gasteiger partial charge is 0.472 e. The van der Waals surface area contributed by atoms with Crippen molar-refractivity contribution in [3.05, 3.63) is 58.0 Å². The highest BCUT2D eigenvalue weighted by atomic mass is 79.9. The summed E-state index contributed by atoms with van der Waals surface area (Å²) >= 11 is 3.23. The quantitative estimate of drug-likeness (QED) is 0.909. The number of alkyl halides is 3. The molecule has 0 aliphatic carbocycles. The third-order valence-electron chi connectivity index (χ3n) is 2.76. The zero-order chi connectivity index (χ0) is 14.0. The van der Waals surface area contributed by atoms with Gasteiger partial charge in [-0.2, -0.15) is 13.2 Å². The molecule has 0 fully saturated rings. The van der Waals surface area contributed by atoms with Gasteiger partial charge in [-0.15, -0.1) is 0 Å². The fourth-order valence-electron chi connectivity index (χ4n) is 1.78. The Hall–Kier alpha value is -1.27. The molecule has 0 aliphatic rings. The number of furan rings is 1. The number of rotatable bonds is 3. The van der Waals surface area contributed by atoms with Crippen LogP contribution in [0.3, 0.4) is 0 Å². The molecule has 0 bridgehead atoms. The molecule has 1 aromatic heterocycles. The molecular formula is C13H11BrF3NO. The third-order valence-corrected chi connectivity index (χ3v) is 3.48. The lowest BCUT2D eigenvalue weighted by atomic mass is 9.99. The van der Waals surface area contributed by atoms with E-state index in [1.165, 1.54) is 18.6 Å². The zero-order valence-electron chi connectivity index (χ0n) is 9.75. The molecule has 0 aliphatic heterocycles. The molecule has 0 saturated carbocycles. The monoisotopic (exact) mass is 333 g/mol. The van der Waals surface area contributed by atoms with E-state index in [-0.39, 0.29) is 0 Å². The molecule has 1 atom stereocenters. The molecule has 0 radical (unpaired) electrons. The van der Waals surface area contributed by atoms with Gasteiger partial charge in [0.25, 0.3) is 0 Å². The van der Waals surface area contributed by atoms with E-state index in [0.717, 1.165) is 17.7 Å². The van der Waals surface area contributed by atoms with Crippen LogP contribution in [0, 0.1) is 0 Å². The number of halogens is 4. The van der Waals surface area contributed by atoms with Crippen molar-refractivity contribution in [1.29, 1.82) is 0 Å². The maximum Gasteiger partial charge on any atom is 0.416 e. The van der Waals surface area contributed by atoms with Gasteiger partial charge in [0.05, 0.1) is 18.1 Å². The van der Waals surface area contributed by atoms with Crippen LogP contribution in [0.15, 0.2) is 45.7 Å². The van der Waals surface area contributed by atoms with Crippen LogP contribution in [0.5, 0.6) is 0 Å². The van der Waals surface area contributed by atoms with Crippen LogP contribution in [-0.4, -0.2) is 0 Å². The van der Waals surface area contributed by atoms with Gasteiger partial charge in [-0.25, -0.2) is 0 Å². The molecule has 0 spiro atoms. The first-order chi connectivity index (χ1) is 8.88. The Bertz CT molecular complexity index is 552. The minimum atomic E-state index is -4.37. The van der Waals surface area contributed by atoms with Gasteiger partial charge < -0.3 is 10.2 Å². The Morgan fingerprint density at radius 3 is 2.58 bits per heavy atom. The highest BCUT2D eigenvalue weighted by Crippen LogP contribution is 2.34. The van der Waals surface area contributed by atoms with Gasteiger partial charge in [0, 0.05) is 10.5 Å². The molecule has 102 valence electrons. The van der Waals surface area contributed by atoms with Gasteiger partial charge in [0.1, 0.15) is 0 Å². The first-order valence-corrected chi connectivity index (χ1v) is 6.30. The average Bonchev–Trinajstić information content (AvgIpc) is 2.80. The summed E-state index contributed by atoms with van der Waals surface area (Å²) in [4.78, 5) is 0. The Balaban J connectivity index is 2.28. The van der Waals surface area contributed by atoms with E-state index in [9.17, 15) is 13.2 Å². The van der Waals surface area contributed by atoms with Crippen molar-refractivity contribution >= 4 is 15.9 Å². The minimum Gasteiger partial charge on any atom is -0.472 e. The fourth-order valence-corrected chi connectivity index (χ4v) is 2.32. The third kappa shape index (κ3) is 3.39. The van der Waals surface area contributed by atoms with Crippen LogP contribution in [0.25, 0.3) is 0 Å². The van der Waals surface area contributed by atoms with E-state index in [0.29, 0.717) is 16.5 Å². The van der Waals surface area contributed by atoms with Crippen molar-refractivity contribution in [2.24, 2.45) is 5.73 Å². The van der Waals surface area contributed by atoms with E-state index in [4.69, 9.17) is 10.2 Å². The highest BCUT2D eigenvalue weighted by molar-refractivity contribution is 9.10. The lowest BCUT2D eigenvalue weighted by Gasteiger charge is -2.15. The second kappa shape index (κ2) is 5.38. The normalized spacial score (nSPS) is 13.5. The molecule has 1 heterocycles. The van der Waals surface area contributed by atoms with Crippen LogP contribution in [-0.2, 0) is 12.6 Å². The number of hydrogen-bond acceptors (Lipinski definition) is 2. The van der Waals surface area contributed by atoms with Crippen molar-refractivity contribution in [2.45, 2.75) is 18.6 Å². The van der Waals surface area contributed by atoms with Gasteiger partial charge in [-0.05, 0) is 41.8 Å². The summed E-state index contributed by atoms with van der Waals surface area (Å²) in [6, 6.07) is 4.68. The number of hydrogen-bond donors (Lipinski definition) is 1. The van der Waals surface area contributed by atoms with Crippen molar-refractivity contribution in [3.63, 3.8) is 0 Å². The molecule has 0 saturated heterocycles. The summed E-state index contributed by atoms with van der Waals surface area (Å²) in [6.45, 7) is 0. The summed E-state index contributed by atoms with van der Waals surface area (Å²) in [5.41, 5.74) is 6.53. The minimum absolute atomic E-state index is 0.413. The summed E-state index contributed by atoms with van der Waals surface area (Å²) in [5, 5.41) is 0. The van der Waals surface area contributed by atoms with Gasteiger partial charge in [-0.1, -0.05) is 15.9 Å². The van der Waals surface area contributed by atoms with Crippen LogP contribution in [0.2, 0.25) is 0 Å². The van der Waals surface area contributed by atoms with E-state index in [1.54, 1.807) is 6.07 Å². The molecule has 19 heavy (non-hydrogen) atoms. The van der Waals surface area contributed by atoms with E-state index < -0.39 is 17.8 Å². The zero-order valence-corrected chi connectivity index (χ0v) is 11.3. The lowest BCUT2D eigenvalue weighted by Crippen LogP contribution is -2.15. The molecule has 6 heteroatoms. The van der Waals surface area contributed by atoms with Crippen molar-refractivity contribution in [3.8, 4) is 0 Å². The maximum absolute atomic E-state index is 12.7. The van der Waals surface area contributed by atoms with Gasteiger partial charge in [0.2, 0.25) is 0 Å². The van der Waals surface area contributed by atoms with Gasteiger partial charge >= 0.3 is 6.18 Å². The Morgan fingerprint density at radius 1 is 1.26 bits per heavy atom. The summed E-state index contributed by atoms with van der Waals surface area (Å²) in [6.07, 6.45) is -0.925. The molecule has 2 nitrogen and oxygen atoms in total. The molecule has 1 aromatic carbocycles. The summed E-state index contributed by atoms with van der Waals surface area (Å²) in [5.74, 6) is 0. The van der Waals surface area contributed by atoms with Crippen LogP contribution >= 0.6 is 15.9 Å². The average molecular weight is 334 g/mol. The second-order valence-corrected chi connectivity index (χ2v) is 5.03. The van der Waals surface area contributed by atoms with Crippen molar-refractivity contribution < 1.29 is 17.6 Å². The summed E-state index contributed by atoms with van der Waals surface area (Å²) < 4.78 is 43.5. The topological polar surface area (TPSA) is 39.2 Å². The highest BCUT2D eigenvalue weighted by Gasteiger charge is 2.31. The molecule has 1 unspecified atom stereocenters. The maximum atomic E-state index is 12.7. The van der Waals surface area contributed by atoms with Crippen molar-refractivity contribution in [2.75, 3.05) is 0 Å². The Morgan fingerprint density at radius 2 is 2.00 bits per heavy atom. The second-order valence-electron chi connectivity index (χ2n) is 4.18. The number of nitrogens with two attached hydrogens (primary N) is 1. The molecule has 2 N–H and O–H groups in total. The summed E-state index contributed by atoms with van der Waals surface area (Å²) in [7, 11) is 0. The number of benzene rings is 1. The first kappa shape index (κ1) is 14.1. The van der Waals surface area contributed by atoms with Crippen LogP contribution in [0.1, 0.15) is 22.7 Å². The van der Waals surface area contributed by atoms with Crippen LogP contribution < -0.4 is 5.73 Å². The first-order valence-electron chi connectivity index (χ1n) is 5.51. The Kier molecular flexibility index (Phi) is 4.01. The lowest BCUT2D eigenvalue weighted by molar-refractivity contribution is -0.137. The van der Waals surface area contributed by atoms with Gasteiger partial charge in [0.15, 0.2) is 0 Å². The predicted octanol–water partition coefficient (Wildman–Crippen LogP) is 4.30. The smallest absolute Gasteiger partial charge is 0.416 e. The van der Waals surface area contributed by atoms with E-state index >= 15 is 0 Å². The SMILES string of the molecule is NC(Cc1ccoc1)c1cc(C(F)(F)F)ccc1Br. The predicted molar refractivity (Wildman–Crippen MR) is 68.5 cm³/mol. The molecule has 2 aromatic rings.